The average Bonchev–Trinajstić information content (AvgIpc) is 2.62. The maximum atomic E-state index is 11.5. The minimum atomic E-state index is -0.238. The zero-order valence-electron chi connectivity index (χ0n) is 9.60. The molecule has 1 saturated heterocycles. The number of carbonyl (C=O) groups excluding carboxylic acids is 1. The standard InChI is InChI=1S/C12H11NO3S2/c1-2-16-8-4-3-7(9(14)6-8)5-10-11(15)13-12(17)18-10/h3-6,14H,2H2,1H3,(H,13,15,17)/b10-5+. The molecule has 0 saturated carbocycles. The summed E-state index contributed by atoms with van der Waals surface area (Å²) in [5, 5.41) is 12.4. The molecule has 0 aliphatic carbocycles. The number of carbonyl (C=O) groups is 1. The molecule has 1 aromatic rings. The van der Waals surface area contributed by atoms with Crippen molar-refractivity contribution >= 4 is 40.3 Å². The number of rotatable bonds is 3. The van der Waals surface area contributed by atoms with Gasteiger partial charge < -0.3 is 15.2 Å². The summed E-state index contributed by atoms with van der Waals surface area (Å²) < 4.78 is 5.69. The summed E-state index contributed by atoms with van der Waals surface area (Å²) in [6.07, 6.45) is 1.60. The summed E-state index contributed by atoms with van der Waals surface area (Å²) >= 11 is 6.07. The van der Waals surface area contributed by atoms with E-state index in [-0.39, 0.29) is 11.7 Å². The molecule has 0 unspecified atom stereocenters. The van der Waals surface area contributed by atoms with Crippen LogP contribution in [0.15, 0.2) is 23.1 Å². The molecule has 18 heavy (non-hydrogen) atoms. The molecular formula is C12H11NO3S2. The molecule has 1 fully saturated rings. The van der Waals surface area contributed by atoms with Crippen molar-refractivity contribution in [2.75, 3.05) is 6.61 Å². The van der Waals surface area contributed by atoms with Crippen LogP contribution >= 0.6 is 24.0 Å². The van der Waals surface area contributed by atoms with Crippen molar-refractivity contribution in [2.24, 2.45) is 0 Å². The first-order valence-corrected chi connectivity index (χ1v) is 6.53. The Balaban J connectivity index is 2.27. The number of thioether (sulfide) groups is 1. The number of aromatic hydroxyl groups is 1. The summed E-state index contributed by atoms with van der Waals surface area (Å²) in [7, 11) is 0. The zero-order chi connectivity index (χ0) is 13.1. The van der Waals surface area contributed by atoms with Crippen LogP contribution in [-0.2, 0) is 4.79 Å². The summed E-state index contributed by atoms with van der Waals surface area (Å²) in [5.74, 6) is 0.425. The van der Waals surface area contributed by atoms with Crippen LogP contribution in [-0.4, -0.2) is 21.9 Å². The summed E-state index contributed by atoms with van der Waals surface area (Å²) in [5.41, 5.74) is 0.556. The fourth-order valence-electron chi connectivity index (χ4n) is 1.46. The Bertz CT molecular complexity index is 540. The van der Waals surface area contributed by atoms with E-state index >= 15 is 0 Å². The average molecular weight is 281 g/mol. The highest BCUT2D eigenvalue weighted by Crippen LogP contribution is 2.30. The number of thiocarbonyl (C=S) groups is 1. The molecule has 6 heteroatoms. The number of phenolic OH excluding ortho intramolecular Hbond substituents is 1. The molecule has 0 aromatic heterocycles. The van der Waals surface area contributed by atoms with Crippen LogP contribution < -0.4 is 10.1 Å². The molecule has 1 aliphatic heterocycles. The van der Waals surface area contributed by atoms with Crippen molar-refractivity contribution in [3.8, 4) is 11.5 Å². The van der Waals surface area contributed by atoms with Crippen LogP contribution in [0.1, 0.15) is 12.5 Å². The van der Waals surface area contributed by atoms with Crippen LogP contribution in [0.25, 0.3) is 6.08 Å². The van der Waals surface area contributed by atoms with Gasteiger partial charge in [-0.2, -0.15) is 0 Å². The van der Waals surface area contributed by atoms with E-state index in [9.17, 15) is 9.90 Å². The third-order valence-electron chi connectivity index (χ3n) is 2.24. The Morgan fingerprint density at radius 3 is 2.89 bits per heavy atom. The molecule has 0 bridgehead atoms. The van der Waals surface area contributed by atoms with Gasteiger partial charge in [0.2, 0.25) is 0 Å². The van der Waals surface area contributed by atoms with Gasteiger partial charge in [-0.05, 0) is 25.1 Å². The highest BCUT2D eigenvalue weighted by Gasteiger charge is 2.22. The van der Waals surface area contributed by atoms with Gasteiger partial charge in [0.15, 0.2) is 0 Å². The van der Waals surface area contributed by atoms with Crippen molar-refractivity contribution in [1.82, 2.24) is 5.32 Å². The summed E-state index contributed by atoms with van der Waals surface area (Å²) in [6, 6.07) is 4.96. The molecule has 94 valence electrons. The van der Waals surface area contributed by atoms with E-state index in [1.807, 2.05) is 6.92 Å². The van der Waals surface area contributed by atoms with Crippen LogP contribution in [0.2, 0.25) is 0 Å². The van der Waals surface area contributed by atoms with Gasteiger partial charge in [0.25, 0.3) is 5.91 Å². The lowest BCUT2D eigenvalue weighted by molar-refractivity contribution is -0.115. The maximum Gasteiger partial charge on any atom is 0.263 e. The Morgan fingerprint density at radius 1 is 1.56 bits per heavy atom. The number of ether oxygens (including phenoxy) is 1. The Kier molecular flexibility index (Phi) is 3.88. The molecule has 1 aliphatic rings. The van der Waals surface area contributed by atoms with Crippen molar-refractivity contribution in [3.63, 3.8) is 0 Å². The van der Waals surface area contributed by atoms with E-state index in [1.54, 1.807) is 18.2 Å². The molecule has 2 N–H and O–H groups in total. The van der Waals surface area contributed by atoms with E-state index in [0.29, 0.717) is 27.1 Å². The fraction of sp³-hybridized carbons (Fsp3) is 0.167. The molecular weight excluding hydrogens is 270 g/mol. The lowest BCUT2D eigenvalue weighted by atomic mass is 10.1. The zero-order valence-corrected chi connectivity index (χ0v) is 11.2. The molecule has 1 aromatic carbocycles. The predicted octanol–water partition coefficient (Wildman–Crippen LogP) is 2.28. The van der Waals surface area contributed by atoms with E-state index in [0.717, 1.165) is 0 Å². The monoisotopic (exact) mass is 281 g/mol. The van der Waals surface area contributed by atoms with E-state index in [2.05, 4.69) is 5.32 Å². The van der Waals surface area contributed by atoms with Crippen molar-refractivity contribution < 1.29 is 14.6 Å². The first kappa shape index (κ1) is 12.9. The smallest absolute Gasteiger partial charge is 0.263 e. The number of nitrogens with one attached hydrogen (secondary N) is 1. The Labute approximate surface area is 114 Å². The van der Waals surface area contributed by atoms with Gasteiger partial charge >= 0.3 is 0 Å². The lowest BCUT2D eigenvalue weighted by Crippen LogP contribution is -2.17. The third-order valence-corrected chi connectivity index (χ3v) is 3.40. The van der Waals surface area contributed by atoms with Crippen molar-refractivity contribution in [1.29, 1.82) is 0 Å². The van der Waals surface area contributed by atoms with Crippen LogP contribution in [0, 0.1) is 0 Å². The van der Waals surface area contributed by atoms with Crippen LogP contribution in [0.4, 0.5) is 0 Å². The third kappa shape index (κ3) is 2.83. The molecule has 1 heterocycles. The predicted molar refractivity (Wildman–Crippen MR) is 75.6 cm³/mol. The van der Waals surface area contributed by atoms with E-state index < -0.39 is 0 Å². The lowest BCUT2D eigenvalue weighted by Gasteiger charge is -2.05. The van der Waals surface area contributed by atoms with Crippen LogP contribution in [0.3, 0.4) is 0 Å². The minimum Gasteiger partial charge on any atom is -0.507 e. The number of benzene rings is 1. The van der Waals surface area contributed by atoms with Gasteiger partial charge in [0.1, 0.15) is 15.8 Å². The second-order valence-corrected chi connectivity index (χ2v) is 5.22. The van der Waals surface area contributed by atoms with Crippen LogP contribution in [0.5, 0.6) is 11.5 Å². The normalized spacial score (nSPS) is 17.1. The van der Waals surface area contributed by atoms with Gasteiger partial charge in [0, 0.05) is 11.6 Å². The second kappa shape index (κ2) is 5.41. The first-order valence-electron chi connectivity index (χ1n) is 5.31. The molecule has 0 atom stereocenters. The second-order valence-electron chi connectivity index (χ2n) is 3.51. The number of hydrogen-bond acceptors (Lipinski definition) is 5. The fourth-order valence-corrected chi connectivity index (χ4v) is 2.50. The van der Waals surface area contributed by atoms with Crippen molar-refractivity contribution in [3.05, 3.63) is 28.7 Å². The minimum absolute atomic E-state index is 0.0691. The van der Waals surface area contributed by atoms with Gasteiger partial charge in [-0.3, -0.25) is 4.79 Å². The van der Waals surface area contributed by atoms with Gasteiger partial charge in [-0.15, -0.1) is 0 Å². The van der Waals surface area contributed by atoms with Crippen molar-refractivity contribution in [2.45, 2.75) is 6.92 Å². The van der Waals surface area contributed by atoms with Gasteiger partial charge in [-0.1, -0.05) is 24.0 Å². The van der Waals surface area contributed by atoms with Gasteiger partial charge in [0.05, 0.1) is 11.5 Å². The number of phenols is 1. The quantitative estimate of drug-likeness (QED) is 0.657. The maximum absolute atomic E-state index is 11.5. The first-order chi connectivity index (χ1) is 8.60. The van der Waals surface area contributed by atoms with E-state index in [1.165, 1.54) is 17.8 Å². The highest BCUT2D eigenvalue weighted by atomic mass is 32.2. The number of hydrogen-bond donors (Lipinski definition) is 2. The molecule has 4 nitrogen and oxygen atoms in total. The Morgan fingerprint density at radius 2 is 2.33 bits per heavy atom. The highest BCUT2D eigenvalue weighted by molar-refractivity contribution is 8.26. The summed E-state index contributed by atoms with van der Waals surface area (Å²) in [6.45, 7) is 2.40. The van der Waals surface area contributed by atoms with E-state index in [4.69, 9.17) is 17.0 Å². The largest absolute Gasteiger partial charge is 0.507 e. The number of amides is 1. The topological polar surface area (TPSA) is 58.6 Å². The molecule has 0 radical (unpaired) electrons. The molecule has 2 rings (SSSR count). The van der Waals surface area contributed by atoms with Gasteiger partial charge in [-0.25, -0.2) is 0 Å². The molecule has 0 spiro atoms. The Hall–Kier alpha value is -1.53. The molecule has 1 amide bonds. The summed E-state index contributed by atoms with van der Waals surface area (Å²) in [4.78, 5) is 11.9. The SMILES string of the molecule is CCOc1ccc(/C=C2/SC(=S)NC2=O)c(O)c1.